The van der Waals surface area contributed by atoms with Crippen molar-refractivity contribution in [2.24, 2.45) is 0 Å². The van der Waals surface area contributed by atoms with Crippen LogP contribution in [0.4, 0.5) is 5.69 Å². The number of fused-ring (bicyclic) bond motifs is 1. The maximum Gasteiger partial charge on any atom is 0.266 e. The van der Waals surface area contributed by atoms with Crippen molar-refractivity contribution in [3.63, 3.8) is 0 Å². The van der Waals surface area contributed by atoms with Crippen molar-refractivity contribution in [2.75, 3.05) is 5.32 Å². The van der Waals surface area contributed by atoms with Gasteiger partial charge in [-0.2, -0.15) is 0 Å². The van der Waals surface area contributed by atoms with E-state index in [0.29, 0.717) is 17.1 Å². The first-order valence-electron chi connectivity index (χ1n) is 9.56. The number of carbonyl (C=O) groups excluding carboxylic acids is 1. The van der Waals surface area contributed by atoms with Crippen molar-refractivity contribution >= 4 is 44.6 Å². The van der Waals surface area contributed by atoms with Crippen LogP contribution in [-0.2, 0) is 6.42 Å². The van der Waals surface area contributed by atoms with E-state index in [1.54, 1.807) is 0 Å². The van der Waals surface area contributed by atoms with Crippen LogP contribution in [0.15, 0.2) is 60.7 Å². The Morgan fingerprint density at radius 3 is 2.41 bits per heavy atom. The van der Waals surface area contributed by atoms with Crippen LogP contribution in [0.5, 0.6) is 0 Å². The highest BCUT2D eigenvalue weighted by atomic mass is 35.5. The summed E-state index contributed by atoms with van der Waals surface area (Å²) in [6.45, 7) is 6.04. The number of hydrogen-bond acceptors (Lipinski definition) is 2. The molecule has 0 bridgehead atoms. The van der Waals surface area contributed by atoms with Gasteiger partial charge in [0.15, 0.2) is 0 Å². The second kappa shape index (κ2) is 8.02. The van der Waals surface area contributed by atoms with Gasteiger partial charge in [0.1, 0.15) is 0 Å². The van der Waals surface area contributed by atoms with Gasteiger partial charge in [-0.1, -0.05) is 65.7 Å². The van der Waals surface area contributed by atoms with E-state index in [4.69, 9.17) is 11.6 Å². The number of amides is 1. The zero-order chi connectivity index (χ0) is 20.5. The summed E-state index contributed by atoms with van der Waals surface area (Å²) in [5, 5.41) is 4.76. The van der Waals surface area contributed by atoms with Gasteiger partial charge in [-0.25, -0.2) is 0 Å². The second-order valence-electron chi connectivity index (χ2n) is 7.46. The van der Waals surface area contributed by atoms with Crippen molar-refractivity contribution in [1.29, 1.82) is 0 Å². The second-order valence-corrected chi connectivity index (χ2v) is 8.92. The number of halogens is 1. The lowest BCUT2D eigenvalue weighted by Crippen LogP contribution is -2.14. The molecule has 0 aliphatic heterocycles. The molecule has 0 aliphatic carbocycles. The predicted octanol–water partition coefficient (Wildman–Crippen LogP) is 7.32. The first-order chi connectivity index (χ1) is 13.9. The van der Waals surface area contributed by atoms with Crippen LogP contribution in [0.3, 0.4) is 0 Å². The quantitative estimate of drug-likeness (QED) is 0.368. The summed E-state index contributed by atoms with van der Waals surface area (Å²) in [4.78, 5) is 14.0. The lowest BCUT2D eigenvalue weighted by molar-refractivity contribution is 0.103. The Labute approximate surface area is 180 Å². The summed E-state index contributed by atoms with van der Waals surface area (Å²) in [5.41, 5.74) is 6.20. The number of aryl methyl sites for hydroxylation is 3. The minimum Gasteiger partial charge on any atom is -0.320 e. The van der Waals surface area contributed by atoms with Crippen molar-refractivity contribution in [3.8, 4) is 0 Å². The molecule has 146 valence electrons. The smallest absolute Gasteiger partial charge is 0.266 e. The maximum atomic E-state index is 13.3. The normalized spacial score (nSPS) is 11.0. The first kappa shape index (κ1) is 19.7. The molecule has 0 spiro atoms. The van der Waals surface area contributed by atoms with E-state index >= 15 is 0 Å². The number of hydrogen-bond donors (Lipinski definition) is 1. The van der Waals surface area contributed by atoms with Crippen LogP contribution in [-0.4, -0.2) is 5.91 Å². The zero-order valence-corrected chi connectivity index (χ0v) is 18.2. The Morgan fingerprint density at radius 1 is 0.966 bits per heavy atom. The molecule has 1 amide bonds. The highest BCUT2D eigenvalue weighted by Crippen LogP contribution is 2.35. The lowest BCUT2D eigenvalue weighted by Gasteiger charge is -2.12. The molecule has 2 nitrogen and oxygen atoms in total. The third kappa shape index (κ3) is 4.07. The van der Waals surface area contributed by atoms with Gasteiger partial charge in [0, 0.05) is 4.70 Å². The van der Waals surface area contributed by atoms with Crippen LogP contribution in [0.25, 0.3) is 10.1 Å². The summed E-state index contributed by atoms with van der Waals surface area (Å²) in [5.74, 6) is -0.109. The van der Waals surface area contributed by atoms with Gasteiger partial charge < -0.3 is 5.32 Å². The average molecular weight is 420 g/mol. The fourth-order valence-electron chi connectivity index (χ4n) is 3.61. The summed E-state index contributed by atoms with van der Waals surface area (Å²) in [6.07, 6.45) is 0.716. The molecule has 0 fully saturated rings. The van der Waals surface area contributed by atoms with E-state index in [1.165, 1.54) is 22.5 Å². The van der Waals surface area contributed by atoms with Crippen molar-refractivity contribution in [1.82, 2.24) is 0 Å². The first-order valence-corrected chi connectivity index (χ1v) is 10.8. The minimum absolute atomic E-state index is 0.109. The van der Waals surface area contributed by atoms with Crippen molar-refractivity contribution < 1.29 is 4.79 Å². The fourth-order valence-corrected chi connectivity index (χ4v) is 5.10. The van der Waals surface area contributed by atoms with Gasteiger partial charge in [-0.15, -0.1) is 11.3 Å². The number of nitrogens with one attached hydrogen (secondary N) is 1. The number of anilines is 1. The maximum absolute atomic E-state index is 13.3. The molecule has 1 N–H and O–H groups in total. The summed E-state index contributed by atoms with van der Waals surface area (Å²) >= 11 is 7.95. The van der Waals surface area contributed by atoms with Crippen LogP contribution in [0.1, 0.15) is 37.5 Å². The van der Waals surface area contributed by atoms with Crippen molar-refractivity contribution in [2.45, 2.75) is 27.2 Å². The van der Waals surface area contributed by atoms with E-state index in [9.17, 15) is 4.79 Å². The van der Waals surface area contributed by atoms with Crippen LogP contribution in [0.2, 0.25) is 5.02 Å². The molecule has 0 radical (unpaired) electrons. The third-order valence-corrected chi connectivity index (χ3v) is 6.59. The Hall–Kier alpha value is -2.62. The molecule has 0 aliphatic rings. The average Bonchev–Trinajstić information content (AvgIpc) is 3.05. The molecule has 1 aromatic heterocycles. The Bertz CT molecular complexity index is 1180. The van der Waals surface area contributed by atoms with E-state index in [0.717, 1.165) is 31.7 Å². The standard InChI is InChI=1S/C25H22ClNOS/c1-15-8-10-18(11-9-15)14-20-19-6-4-5-7-22(19)29-24(20)25(28)27-23-17(3)12-16(2)13-21(23)26/h4-13H,14H2,1-3H3,(H,27,28). The number of rotatable bonds is 4. The lowest BCUT2D eigenvalue weighted by atomic mass is 10.0. The van der Waals surface area contributed by atoms with E-state index in [-0.39, 0.29) is 5.91 Å². The molecule has 4 rings (SSSR count). The SMILES string of the molecule is Cc1ccc(Cc2c(C(=O)Nc3c(C)cc(C)cc3Cl)sc3ccccc23)cc1. The molecule has 3 aromatic carbocycles. The minimum atomic E-state index is -0.109. The summed E-state index contributed by atoms with van der Waals surface area (Å²) < 4.78 is 1.12. The van der Waals surface area contributed by atoms with Crippen LogP contribution in [0, 0.1) is 20.8 Å². The highest BCUT2D eigenvalue weighted by Gasteiger charge is 2.20. The Morgan fingerprint density at radius 2 is 1.69 bits per heavy atom. The predicted molar refractivity (Wildman–Crippen MR) is 125 cm³/mol. The number of carbonyl (C=O) groups is 1. The topological polar surface area (TPSA) is 29.1 Å². The Kier molecular flexibility index (Phi) is 5.44. The fraction of sp³-hybridized carbons (Fsp3) is 0.160. The molecular formula is C25H22ClNOS. The third-order valence-electron chi connectivity index (χ3n) is 5.08. The van der Waals surface area contributed by atoms with Gasteiger partial charge in [0.05, 0.1) is 15.6 Å². The van der Waals surface area contributed by atoms with Gasteiger partial charge in [-0.3, -0.25) is 4.79 Å². The van der Waals surface area contributed by atoms with Crippen LogP contribution < -0.4 is 5.32 Å². The van der Waals surface area contributed by atoms with Crippen LogP contribution >= 0.6 is 22.9 Å². The van der Waals surface area contributed by atoms with Gasteiger partial charge in [-0.05, 0) is 67.0 Å². The van der Waals surface area contributed by atoms with E-state index < -0.39 is 0 Å². The molecule has 0 atom stereocenters. The largest absolute Gasteiger partial charge is 0.320 e. The zero-order valence-electron chi connectivity index (χ0n) is 16.7. The van der Waals surface area contributed by atoms with E-state index in [2.05, 4.69) is 48.6 Å². The molecule has 0 unspecified atom stereocenters. The molecule has 1 heterocycles. The summed E-state index contributed by atoms with van der Waals surface area (Å²) in [6, 6.07) is 20.6. The molecule has 0 saturated heterocycles. The summed E-state index contributed by atoms with van der Waals surface area (Å²) in [7, 11) is 0. The number of thiophene rings is 1. The van der Waals surface area contributed by atoms with Gasteiger partial charge >= 0.3 is 0 Å². The number of benzene rings is 3. The molecule has 29 heavy (non-hydrogen) atoms. The van der Waals surface area contributed by atoms with Gasteiger partial charge in [0.2, 0.25) is 0 Å². The molecule has 4 aromatic rings. The van der Waals surface area contributed by atoms with E-state index in [1.807, 2.05) is 38.1 Å². The molecular weight excluding hydrogens is 398 g/mol. The highest BCUT2D eigenvalue weighted by molar-refractivity contribution is 7.21. The van der Waals surface area contributed by atoms with Gasteiger partial charge in [0.25, 0.3) is 5.91 Å². The molecule has 4 heteroatoms. The molecule has 0 saturated carbocycles. The Balaban J connectivity index is 1.75. The monoisotopic (exact) mass is 419 g/mol. The van der Waals surface area contributed by atoms with Crippen molar-refractivity contribution in [3.05, 3.63) is 98.4 Å².